The Hall–Kier alpha value is -1.02. The van der Waals surface area contributed by atoms with Crippen molar-refractivity contribution in [1.29, 1.82) is 0 Å². The Kier molecular flexibility index (Phi) is 4.87. The van der Waals surface area contributed by atoms with Crippen LogP contribution < -0.4 is 10.1 Å². The van der Waals surface area contributed by atoms with E-state index in [-0.39, 0.29) is 5.54 Å². The number of benzene rings is 1. The van der Waals surface area contributed by atoms with Crippen LogP contribution in [0.25, 0.3) is 0 Å². The van der Waals surface area contributed by atoms with Crippen molar-refractivity contribution in [3.05, 3.63) is 29.8 Å². The summed E-state index contributed by atoms with van der Waals surface area (Å²) < 4.78 is 5.52. The van der Waals surface area contributed by atoms with E-state index in [1.807, 2.05) is 6.07 Å². The molecule has 1 unspecified atom stereocenters. The van der Waals surface area contributed by atoms with Gasteiger partial charge in [-0.25, -0.2) is 0 Å². The molecule has 106 valence electrons. The largest absolute Gasteiger partial charge is 0.496 e. The highest BCUT2D eigenvalue weighted by Gasteiger charge is 2.34. The standard InChI is InChI=1S/C17H27NO/c1-14(2)17(11-7-4-8-12-18-17)13-15-9-5-6-10-16(15)19-3/h5-6,9-10,14,18H,4,7-8,11-13H2,1-3H3. The van der Waals surface area contributed by atoms with E-state index >= 15 is 0 Å². The smallest absolute Gasteiger partial charge is 0.122 e. The van der Waals surface area contributed by atoms with E-state index in [4.69, 9.17) is 4.74 Å². The molecule has 0 radical (unpaired) electrons. The molecule has 2 nitrogen and oxygen atoms in total. The second kappa shape index (κ2) is 6.42. The van der Waals surface area contributed by atoms with Crippen molar-refractivity contribution >= 4 is 0 Å². The molecule has 0 spiro atoms. The zero-order valence-electron chi connectivity index (χ0n) is 12.5. The molecular weight excluding hydrogens is 234 g/mol. The maximum absolute atomic E-state index is 5.52. The molecule has 0 amide bonds. The summed E-state index contributed by atoms with van der Waals surface area (Å²) in [7, 11) is 1.77. The number of nitrogens with one attached hydrogen (secondary N) is 1. The van der Waals surface area contributed by atoms with E-state index in [0.29, 0.717) is 5.92 Å². The second-order valence-corrected chi connectivity index (χ2v) is 6.04. The third-order valence-electron chi connectivity index (χ3n) is 4.58. The van der Waals surface area contributed by atoms with Crippen LogP contribution >= 0.6 is 0 Å². The first-order chi connectivity index (χ1) is 9.18. The zero-order valence-corrected chi connectivity index (χ0v) is 12.5. The van der Waals surface area contributed by atoms with Gasteiger partial charge in [-0.2, -0.15) is 0 Å². The predicted molar refractivity (Wildman–Crippen MR) is 80.7 cm³/mol. The molecule has 2 heteroatoms. The van der Waals surface area contributed by atoms with Crippen LogP contribution in [0.2, 0.25) is 0 Å². The Labute approximate surface area is 117 Å². The predicted octanol–water partition coefficient (Wildman–Crippen LogP) is 3.80. The Morgan fingerprint density at radius 2 is 2.00 bits per heavy atom. The van der Waals surface area contributed by atoms with Gasteiger partial charge in [0.2, 0.25) is 0 Å². The molecule has 19 heavy (non-hydrogen) atoms. The normalized spacial score (nSPS) is 24.2. The van der Waals surface area contributed by atoms with E-state index in [2.05, 4.69) is 37.4 Å². The minimum Gasteiger partial charge on any atom is -0.496 e. The van der Waals surface area contributed by atoms with Crippen LogP contribution in [0.1, 0.15) is 45.1 Å². The van der Waals surface area contributed by atoms with E-state index < -0.39 is 0 Å². The summed E-state index contributed by atoms with van der Waals surface area (Å²) in [6.45, 7) is 5.83. The maximum Gasteiger partial charge on any atom is 0.122 e. The van der Waals surface area contributed by atoms with Crippen molar-refractivity contribution in [1.82, 2.24) is 5.32 Å². The monoisotopic (exact) mass is 261 g/mol. The SMILES string of the molecule is COc1ccccc1CC1(C(C)C)CCCCCN1. The first-order valence-corrected chi connectivity index (χ1v) is 7.55. The fraction of sp³-hybridized carbons (Fsp3) is 0.647. The van der Waals surface area contributed by atoms with Gasteiger partial charge in [0, 0.05) is 5.54 Å². The molecule has 1 atom stereocenters. The second-order valence-electron chi connectivity index (χ2n) is 6.04. The molecule has 0 bridgehead atoms. The van der Waals surface area contributed by atoms with Gasteiger partial charge >= 0.3 is 0 Å². The summed E-state index contributed by atoms with van der Waals surface area (Å²) in [5.74, 6) is 1.66. The highest BCUT2D eigenvalue weighted by Crippen LogP contribution is 2.33. The highest BCUT2D eigenvalue weighted by atomic mass is 16.5. The molecule has 1 heterocycles. The van der Waals surface area contributed by atoms with Crippen LogP contribution in [0, 0.1) is 5.92 Å². The summed E-state index contributed by atoms with van der Waals surface area (Å²) in [5.41, 5.74) is 1.55. The quantitative estimate of drug-likeness (QED) is 0.890. The van der Waals surface area contributed by atoms with Crippen LogP contribution in [0.15, 0.2) is 24.3 Å². The van der Waals surface area contributed by atoms with Crippen molar-refractivity contribution < 1.29 is 4.74 Å². The molecule has 1 aromatic rings. The molecule has 1 aliphatic rings. The van der Waals surface area contributed by atoms with Crippen molar-refractivity contribution in [3.63, 3.8) is 0 Å². The lowest BCUT2D eigenvalue weighted by Crippen LogP contribution is -2.51. The average Bonchev–Trinajstić information content (AvgIpc) is 2.66. The summed E-state index contributed by atoms with van der Waals surface area (Å²) in [5, 5.41) is 3.84. The highest BCUT2D eigenvalue weighted by molar-refractivity contribution is 5.35. The first kappa shape index (κ1) is 14.4. The van der Waals surface area contributed by atoms with Crippen LogP contribution in [0.4, 0.5) is 0 Å². The Balaban J connectivity index is 2.24. The molecule has 1 aliphatic heterocycles. The van der Waals surface area contributed by atoms with Crippen LogP contribution in [0.3, 0.4) is 0 Å². The fourth-order valence-electron chi connectivity index (χ4n) is 3.20. The van der Waals surface area contributed by atoms with Gasteiger partial charge in [-0.05, 0) is 43.4 Å². The number of rotatable bonds is 4. The topological polar surface area (TPSA) is 21.3 Å². The Morgan fingerprint density at radius 3 is 2.74 bits per heavy atom. The van der Waals surface area contributed by atoms with Gasteiger partial charge in [-0.15, -0.1) is 0 Å². The van der Waals surface area contributed by atoms with Gasteiger partial charge in [0.25, 0.3) is 0 Å². The molecule has 1 N–H and O–H groups in total. The third-order valence-corrected chi connectivity index (χ3v) is 4.58. The fourth-order valence-corrected chi connectivity index (χ4v) is 3.20. The molecule has 0 saturated carbocycles. The number of para-hydroxylation sites is 1. The van der Waals surface area contributed by atoms with Crippen LogP contribution in [-0.4, -0.2) is 19.2 Å². The third kappa shape index (κ3) is 3.30. The molecule has 1 fully saturated rings. The van der Waals surface area contributed by atoms with E-state index in [9.17, 15) is 0 Å². The van der Waals surface area contributed by atoms with Crippen molar-refractivity contribution in [2.75, 3.05) is 13.7 Å². The molecule has 2 rings (SSSR count). The van der Waals surface area contributed by atoms with Gasteiger partial charge < -0.3 is 10.1 Å². The molecule has 0 aliphatic carbocycles. The van der Waals surface area contributed by atoms with Crippen molar-refractivity contribution in [2.24, 2.45) is 5.92 Å². The van der Waals surface area contributed by atoms with Gasteiger partial charge in [0.1, 0.15) is 5.75 Å². The minimum absolute atomic E-state index is 0.227. The lowest BCUT2D eigenvalue weighted by atomic mass is 9.77. The van der Waals surface area contributed by atoms with E-state index in [0.717, 1.165) is 18.7 Å². The average molecular weight is 261 g/mol. The van der Waals surface area contributed by atoms with E-state index in [1.165, 1.54) is 31.2 Å². The van der Waals surface area contributed by atoms with Crippen LogP contribution in [-0.2, 0) is 6.42 Å². The van der Waals surface area contributed by atoms with Crippen molar-refractivity contribution in [3.8, 4) is 5.75 Å². The number of ether oxygens (including phenoxy) is 1. The van der Waals surface area contributed by atoms with Gasteiger partial charge in [-0.3, -0.25) is 0 Å². The molecule has 0 aromatic heterocycles. The first-order valence-electron chi connectivity index (χ1n) is 7.55. The van der Waals surface area contributed by atoms with E-state index in [1.54, 1.807) is 7.11 Å². The number of methoxy groups -OCH3 is 1. The van der Waals surface area contributed by atoms with Crippen LogP contribution in [0.5, 0.6) is 5.75 Å². The minimum atomic E-state index is 0.227. The van der Waals surface area contributed by atoms with Crippen molar-refractivity contribution in [2.45, 2.75) is 51.5 Å². The van der Waals surface area contributed by atoms with Gasteiger partial charge in [-0.1, -0.05) is 44.9 Å². The molecular formula is C17H27NO. The number of hydrogen-bond acceptors (Lipinski definition) is 2. The Morgan fingerprint density at radius 1 is 1.21 bits per heavy atom. The van der Waals surface area contributed by atoms with Gasteiger partial charge in [0.15, 0.2) is 0 Å². The van der Waals surface area contributed by atoms with Gasteiger partial charge in [0.05, 0.1) is 7.11 Å². The lowest BCUT2D eigenvalue weighted by Gasteiger charge is -2.38. The summed E-state index contributed by atoms with van der Waals surface area (Å²) in [4.78, 5) is 0. The molecule has 1 saturated heterocycles. The summed E-state index contributed by atoms with van der Waals surface area (Å²) in [6.07, 6.45) is 6.32. The Bertz CT molecular complexity index is 392. The molecule has 1 aromatic carbocycles. The number of hydrogen-bond donors (Lipinski definition) is 1. The zero-order chi connectivity index (χ0) is 13.7. The summed E-state index contributed by atoms with van der Waals surface area (Å²) >= 11 is 0. The maximum atomic E-state index is 5.52. The summed E-state index contributed by atoms with van der Waals surface area (Å²) in [6, 6.07) is 8.43. The lowest BCUT2D eigenvalue weighted by molar-refractivity contribution is 0.223.